The Morgan fingerprint density at radius 2 is 1.71 bits per heavy atom. The van der Waals surface area contributed by atoms with E-state index < -0.39 is 27.0 Å². The number of ether oxygens (including phenoxy) is 2. The molecule has 38 heavy (non-hydrogen) atoms. The van der Waals surface area contributed by atoms with Crippen LogP contribution in [0.4, 0.5) is 18.9 Å². The van der Waals surface area contributed by atoms with E-state index >= 15 is 0 Å². The molecule has 0 aliphatic carbocycles. The molecule has 1 fully saturated rings. The lowest BCUT2D eigenvalue weighted by molar-refractivity contribution is -0.275. The molecule has 1 heterocycles. The zero-order chi connectivity index (χ0) is 27.3. The zero-order valence-electron chi connectivity index (χ0n) is 20.2. The van der Waals surface area contributed by atoms with Crippen molar-refractivity contribution in [1.29, 1.82) is 0 Å². The fraction of sp³-hybridized carbons (Fsp3) is 0.308. The van der Waals surface area contributed by atoms with Crippen LogP contribution in [0, 0.1) is 0 Å². The highest BCUT2D eigenvalue weighted by atomic mass is 79.9. The molecule has 1 aliphatic heterocycles. The van der Waals surface area contributed by atoms with Crippen LogP contribution in [0.1, 0.15) is 18.4 Å². The van der Waals surface area contributed by atoms with E-state index in [4.69, 9.17) is 4.74 Å². The lowest BCUT2D eigenvalue weighted by Gasteiger charge is -2.26. The molecule has 1 saturated heterocycles. The maximum Gasteiger partial charge on any atom is 0.573 e. The lowest BCUT2D eigenvalue weighted by atomic mass is 10.2. The Morgan fingerprint density at radius 3 is 2.37 bits per heavy atom. The number of phenolic OH excluding ortho intramolecular Hbond substituents is 1. The summed E-state index contributed by atoms with van der Waals surface area (Å²) in [5.41, 5.74) is 0.621. The molecule has 1 N–H and O–H groups in total. The molecular weight excluding hydrogens is 589 g/mol. The van der Waals surface area contributed by atoms with E-state index in [2.05, 4.69) is 25.6 Å². The van der Waals surface area contributed by atoms with Crippen LogP contribution in [0.15, 0.2) is 76.1 Å². The first kappa shape index (κ1) is 28.1. The van der Waals surface area contributed by atoms with Gasteiger partial charge in [0, 0.05) is 11.0 Å². The molecule has 204 valence electrons. The number of benzene rings is 3. The van der Waals surface area contributed by atoms with Gasteiger partial charge >= 0.3 is 6.36 Å². The molecule has 0 atom stereocenters. The predicted molar refractivity (Wildman–Crippen MR) is 140 cm³/mol. The Bertz CT molecular complexity index is 1350. The van der Waals surface area contributed by atoms with Crippen LogP contribution >= 0.6 is 15.9 Å². The number of hydrogen-bond acceptors (Lipinski definition) is 6. The van der Waals surface area contributed by atoms with Crippen molar-refractivity contribution in [1.82, 2.24) is 4.90 Å². The Kier molecular flexibility index (Phi) is 8.74. The molecule has 4 rings (SSSR count). The van der Waals surface area contributed by atoms with Crippen LogP contribution in [-0.2, 0) is 16.6 Å². The van der Waals surface area contributed by atoms with Crippen molar-refractivity contribution in [2.75, 3.05) is 30.5 Å². The van der Waals surface area contributed by atoms with Gasteiger partial charge in [0.25, 0.3) is 10.0 Å². The first-order valence-electron chi connectivity index (χ1n) is 11.8. The number of aromatic hydroxyl groups is 1. The third-order valence-electron chi connectivity index (χ3n) is 5.94. The second-order valence-corrected chi connectivity index (χ2v) is 11.5. The fourth-order valence-electron chi connectivity index (χ4n) is 4.16. The third kappa shape index (κ3) is 7.33. The fourth-order valence-corrected chi connectivity index (χ4v) is 6.05. The highest BCUT2D eigenvalue weighted by Crippen LogP contribution is 2.36. The molecule has 0 spiro atoms. The minimum Gasteiger partial charge on any atom is -0.508 e. The van der Waals surface area contributed by atoms with E-state index in [9.17, 15) is 26.7 Å². The monoisotopic (exact) mass is 614 g/mol. The number of halogens is 4. The van der Waals surface area contributed by atoms with E-state index in [0.29, 0.717) is 17.9 Å². The lowest BCUT2D eigenvalue weighted by Crippen LogP contribution is -2.31. The standard InChI is InChI=1S/C26H26BrF3N2O5S/c27-20-6-11-25(24(17-20)37-26(28,29)30)38(34,35)32(18-19-4-3-5-22(33)16-19)21-7-9-23(10-8-21)36-15-14-31-12-1-2-13-31/h3-11,16-17,33H,1-2,12-15,18H2. The van der Waals surface area contributed by atoms with Crippen LogP contribution in [0.3, 0.4) is 0 Å². The summed E-state index contributed by atoms with van der Waals surface area (Å²) < 4.78 is 78.0. The van der Waals surface area contributed by atoms with Gasteiger partial charge in [-0.1, -0.05) is 28.1 Å². The minimum absolute atomic E-state index is 0.0775. The number of alkyl halides is 3. The Labute approximate surface area is 227 Å². The molecule has 3 aromatic carbocycles. The number of nitrogens with zero attached hydrogens (tertiary/aromatic N) is 2. The predicted octanol–water partition coefficient (Wildman–Crippen LogP) is 5.92. The van der Waals surface area contributed by atoms with E-state index in [0.717, 1.165) is 36.1 Å². The van der Waals surface area contributed by atoms with Gasteiger partial charge in [-0.05, 0) is 86.1 Å². The van der Waals surface area contributed by atoms with E-state index in [1.807, 2.05) is 0 Å². The van der Waals surface area contributed by atoms with Crippen LogP contribution in [0.2, 0.25) is 0 Å². The molecule has 0 saturated carbocycles. The maximum atomic E-state index is 13.8. The summed E-state index contributed by atoms with van der Waals surface area (Å²) >= 11 is 3.06. The number of sulfonamides is 1. The Balaban J connectivity index is 1.65. The highest BCUT2D eigenvalue weighted by molar-refractivity contribution is 9.10. The smallest absolute Gasteiger partial charge is 0.508 e. The van der Waals surface area contributed by atoms with Gasteiger partial charge in [-0.15, -0.1) is 13.2 Å². The van der Waals surface area contributed by atoms with Crippen LogP contribution in [0.25, 0.3) is 0 Å². The third-order valence-corrected chi connectivity index (χ3v) is 8.24. The molecule has 0 radical (unpaired) electrons. The zero-order valence-corrected chi connectivity index (χ0v) is 22.6. The summed E-state index contributed by atoms with van der Waals surface area (Å²) in [5, 5.41) is 9.88. The maximum absolute atomic E-state index is 13.8. The molecule has 0 amide bonds. The average Bonchev–Trinajstić information content (AvgIpc) is 3.36. The SMILES string of the molecule is O=S(=O)(c1ccc(Br)cc1OC(F)(F)F)N(Cc1cccc(O)c1)c1ccc(OCCN2CCCC2)cc1. The molecule has 7 nitrogen and oxygen atoms in total. The van der Waals surface area contributed by atoms with Gasteiger partial charge in [0.05, 0.1) is 12.2 Å². The molecule has 1 aliphatic rings. The van der Waals surface area contributed by atoms with Crippen molar-refractivity contribution in [2.45, 2.75) is 30.6 Å². The van der Waals surface area contributed by atoms with E-state index in [-0.39, 0.29) is 22.5 Å². The van der Waals surface area contributed by atoms with Gasteiger partial charge in [0.15, 0.2) is 5.75 Å². The summed E-state index contributed by atoms with van der Waals surface area (Å²) in [4.78, 5) is 1.64. The van der Waals surface area contributed by atoms with Crippen molar-refractivity contribution in [3.8, 4) is 17.2 Å². The first-order chi connectivity index (χ1) is 18.0. The van der Waals surface area contributed by atoms with Crippen molar-refractivity contribution >= 4 is 31.6 Å². The minimum atomic E-state index is -5.10. The Morgan fingerprint density at radius 1 is 1.00 bits per heavy atom. The number of likely N-dealkylation sites (tertiary alicyclic amines) is 1. The van der Waals surface area contributed by atoms with Gasteiger partial charge in [0.1, 0.15) is 23.0 Å². The molecule has 3 aromatic rings. The average molecular weight is 615 g/mol. The summed E-state index contributed by atoms with van der Waals surface area (Å²) in [6.45, 7) is 3.08. The van der Waals surface area contributed by atoms with Gasteiger partial charge in [0.2, 0.25) is 0 Å². The molecule has 0 bridgehead atoms. The molecule has 0 aromatic heterocycles. The van der Waals surface area contributed by atoms with Crippen molar-refractivity contribution in [2.24, 2.45) is 0 Å². The number of rotatable bonds is 10. The van der Waals surface area contributed by atoms with Crippen LogP contribution < -0.4 is 13.8 Å². The molecule has 0 unspecified atom stereocenters. The van der Waals surface area contributed by atoms with Gasteiger partial charge in [-0.2, -0.15) is 0 Å². The summed E-state index contributed by atoms with van der Waals surface area (Å²) in [6.07, 6.45) is -2.76. The topological polar surface area (TPSA) is 79.3 Å². The van der Waals surface area contributed by atoms with E-state index in [1.165, 1.54) is 43.2 Å². The first-order valence-corrected chi connectivity index (χ1v) is 14.1. The number of hydrogen-bond donors (Lipinski definition) is 1. The van der Waals surface area contributed by atoms with Crippen molar-refractivity contribution < 1.29 is 36.2 Å². The van der Waals surface area contributed by atoms with Gasteiger partial charge in [-0.25, -0.2) is 8.42 Å². The largest absolute Gasteiger partial charge is 0.573 e. The second-order valence-electron chi connectivity index (χ2n) is 8.71. The van der Waals surface area contributed by atoms with Crippen LogP contribution in [-0.4, -0.2) is 51.0 Å². The highest BCUT2D eigenvalue weighted by Gasteiger charge is 2.36. The Hall–Kier alpha value is -2.96. The normalized spacial score (nSPS) is 14.4. The summed E-state index contributed by atoms with van der Waals surface area (Å²) in [5.74, 6) is -0.409. The number of phenols is 1. The second kappa shape index (κ2) is 11.8. The molecule has 12 heteroatoms. The van der Waals surface area contributed by atoms with Gasteiger partial charge in [-0.3, -0.25) is 9.21 Å². The summed E-state index contributed by atoms with van der Waals surface area (Å²) in [6, 6.07) is 15.5. The van der Waals surface area contributed by atoms with Crippen molar-refractivity contribution in [3.63, 3.8) is 0 Å². The summed E-state index contributed by atoms with van der Waals surface area (Å²) in [7, 11) is -4.57. The van der Waals surface area contributed by atoms with E-state index in [1.54, 1.807) is 24.3 Å². The molecular formula is C26H26BrF3N2O5S. The van der Waals surface area contributed by atoms with Gasteiger partial charge < -0.3 is 14.6 Å². The van der Waals surface area contributed by atoms with Crippen molar-refractivity contribution in [3.05, 3.63) is 76.8 Å². The quantitative estimate of drug-likeness (QED) is 0.305. The number of anilines is 1. The van der Waals surface area contributed by atoms with Crippen LogP contribution in [0.5, 0.6) is 17.2 Å².